The zero-order chi connectivity index (χ0) is 13.7. The van der Waals surface area contributed by atoms with Crippen molar-refractivity contribution in [2.75, 3.05) is 27.3 Å². The predicted octanol–water partition coefficient (Wildman–Crippen LogP) is 1.85. The molecule has 0 saturated carbocycles. The van der Waals surface area contributed by atoms with E-state index < -0.39 is 0 Å². The summed E-state index contributed by atoms with van der Waals surface area (Å²) in [5.74, 6) is 1.74. The van der Waals surface area contributed by atoms with E-state index in [0.717, 1.165) is 31.1 Å². The van der Waals surface area contributed by atoms with Gasteiger partial charge >= 0.3 is 0 Å². The number of benzene rings is 1. The van der Waals surface area contributed by atoms with Crippen LogP contribution in [-0.2, 0) is 6.54 Å². The Morgan fingerprint density at radius 3 is 2.79 bits per heavy atom. The van der Waals surface area contributed by atoms with Gasteiger partial charge < -0.3 is 20.1 Å². The molecule has 1 unspecified atom stereocenters. The van der Waals surface area contributed by atoms with E-state index >= 15 is 0 Å². The summed E-state index contributed by atoms with van der Waals surface area (Å²) < 4.78 is 10.7. The van der Waals surface area contributed by atoms with Gasteiger partial charge in [0.2, 0.25) is 0 Å². The van der Waals surface area contributed by atoms with Gasteiger partial charge in [-0.25, -0.2) is 0 Å². The van der Waals surface area contributed by atoms with E-state index in [0.29, 0.717) is 6.04 Å². The fourth-order valence-electron chi connectivity index (χ4n) is 2.58. The normalized spacial score (nSPS) is 18.6. The molecule has 0 amide bonds. The summed E-state index contributed by atoms with van der Waals surface area (Å²) >= 11 is 0. The number of hydrogen-bond acceptors (Lipinski definition) is 4. The van der Waals surface area contributed by atoms with E-state index in [4.69, 9.17) is 9.47 Å². The van der Waals surface area contributed by atoms with Crippen molar-refractivity contribution in [3.63, 3.8) is 0 Å². The Kier molecular flexibility index (Phi) is 5.05. The van der Waals surface area contributed by atoms with Crippen LogP contribution in [-0.4, -0.2) is 33.4 Å². The van der Waals surface area contributed by atoms with Gasteiger partial charge in [-0.1, -0.05) is 0 Å². The minimum atomic E-state index is 0.615. The van der Waals surface area contributed by atoms with Gasteiger partial charge in [-0.3, -0.25) is 0 Å². The van der Waals surface area contributed by atoms with Crippen LogP contribution in [0, 0.1) is 6.92 Å². The molecule has 2 N–H and O–H groups in total. The Balaban J connectivity index is 1.98. The van der Waals surface area contributed by atoms with Gasteiger partial charge in [-0.15, -0.1) is 0 Å². The first-order valence-electron chi connectivity index (χ1n) is 6.90. The highest BCUT2D eigenvalue weighted by Crippen LogP contribution is 2.28. The second-order valence-corrected chi connectivity index (χ2v) is 5.05. The molecule has 19 heavy (non-hydrogen) atoms. The molecule has 2 rings (SSSR count). The maximum absolute atomic E-state index is 5.46. The SMILES string of the molecule is COc1cc(C)c(CNCC2CCCN2)c(OC)c1. The standard InChI is InChI=1S/C15H24N2O2/c1-11-7-13(18-2)8-15(19-3)14(11)10-16-9-12-5-4-6-17-12/h7-8,12,16-17H,4-6,9-10H2,1-3H3. The third-order valence-corrected chi connectivity index (χ3v) is 3.72. The van der Waals surface area contributed by atoms with Crippen molar-refractivity contribution < 1.29 is 9.47 Å². The second-order valence-electron chi connectivity index (χ2n) is 5.05. The summed E-state index contributed by atoms with van der Waals surface area (Å²) in [4.78, 5) is 0. The molecule has 0 radical (unpaired) electrons. The lowest BCUT2D eigenvalue weighted by molar-refractivity contribution is 0.388. The fraction of sp³-hybridized carbons (Fsp3) is 0.600. The number of rotatable bonds is 6. The molecule has 4 heteroatoms. The first-order chi connectivity index (χ1) is 9.24. The van der Waals surface area contributed by atoms with Gasteiger partial charge in [0.1, 0.15) is 11.5 Å². The third kappa shape index (κ3) is 3.61. The summed E-state index contributed by atoms with van der Waals surface area (Å²) in [7, 11) is 3.38. The molecule has 1 aliphatic rings. The average Bonchev–Trinajstić information content (AvgIpc) is 2.93. The molecule has 0 bridgehead atoms. The highest BCUT2D eigenvalue weighted by Gasteiger charge is 2.14. The van der Waals surface area contributed by atoms with Crippen molar-refractivity contribution in [1.82, 2.24) is 10.6 Å². The van der Waals surface area contributed by atoms with Crippen LogP contribution in [0.25, 0.3) is 0 Å². The lowest BCUT2D eigenvalue weighted by atomic mass is 10.1. The summed E-state index contributed by atoms with van der Waals surface area (Å²) in [6, 6.07) is 4.61. The van der Waals surface area contributed by atoms with Crippen molar-refractivity contribution >= 4 is 0 Å². The maximum atomic E-state index is 5.46. The van der Waals surface area contributed by atoms with E-state index in [1.807, 2.05) is 12.1 Å². The lowest BCUT2D eigenvalue weighted by Gasteiger charge is -2.16. The van der Waals surface area contributed by atoms with Gasteiger partial charge in [0.15, 0.2) is 0 Å². The van der Waals surface area contributed by atoms with Gasteiger partial charge in [0, 0.05) is 30.8 Å². The van der Waals surface area contributed by atoms with Crippen LogP contribution in [0.3, 0.4) is 0 Å². The number of hydrogen-bond donors (Lipinski definition) is 2. The van der Waals surface area contributed by atoms with Crippen LogP contribution < -0.4 is 20.1 Å². The minimum absolute atomic E-state index is 0.615. The summed E-state index contributed by atoms with van der Waals surface area (Å²) in [5, 5.41) is 7.00. The molecular formula is C15H24N2O2. The molecule has 1 aromatic rings. The Labute approximate surface area is 115 Å². The highest BCUT2D eigenvalue weighted by molar-refractivity contribution is 5.46. The van der Waals surface area contributed by atoms with Gasteiger partial charge in [-0.05, 0) is 37.9 Å². The first kappa shape index (κ1) is 14.2. The van der Waals surface area contributed by atoms with Crippen LogP contribution in [0.15, 0.2) is 12.1 Å². The molecule has 106 valence electrons. The smallest absolute Gasteiger partial charge is 0.127 e. The zero-order valence-corrected chi connectivity index (χ0v) is 12.1. The molecule has 1 aliphatic heterocycles. The molecule has 1 saturated heterocycles. The second kappa shape index (κ2) is 6.78. The molecule has 1 atom stereocenters. The topological polar surface area (TPSA) is 42.5 Å². The Morgan fingerprint density at radius 2 is 2.16 bits per heavy atom. The van der Waals surface area contributed by atoms with Crippen molar-refractivity contribution in [3.05, 3.63) is 23.3 Å². The summed E-state index contributed by atoms with van der Waals surface area (Å²) in [6.07, 6.45) is 2.56. The quantitative estimate of drug-likeness (QED) is 0.823. The molecule has 1 heterocycles. The molecule has 0 aliphatic carbocycles. The zero-order valence-electron chi connectivity index (χ0n) is 12.1. The lowest BCUT2D eigenvalue weighted by Crippen LogP contribution is -2.33. The van der Waals surface area contributed by atoms with Crippen LogP contribution in [0.2, 0.25) is 0 Å². The Bertz CT molecular complexity index is 415. The molecule has 4 nitrogen and oxygen atoms in total. The minimum Gasteiger partial charge on any atom is -0.497 e. The first-order valence-corrected chi connectivity index (χ1v) is 6.90. The average molecular weight is 264 g/mol. The van der Waals surface area contributed by atoms with E-state index in [9.17, 15) is 0 Å². The largest absolute Gasteiger partial charge is 0.497 e. The van der Waals surface area contributed by atoms with E-state index in [-0.39, 0.29) is 0 Å². The van der Waals surface area contributed by atoms with E-state index in [1.165, 1.54) is 24.0 Å². The van der Waals surface area contributed by atoms with Crippen molar-refractivity contribution in [3.8, 4) is 11.5 Å². The monoisotopic (exact) mass is 264 g/mol. The van der Waals surface area contributed by atoms with Crippen LogP contribution in [0.4, 0.5) is 0 Å². The third-order valence-electron chi connectivity index (χ3n) is 3.72. The Hall–Kier alpha value is -1.26. The van der Waals surface area contributed by atoms with Crippen molar-refractivity contribution in [1.29, 1.82) is 0 Å². The van der Waals surface area contributed by atoms with Crippen LogP contribution in [0.5, 0.6) is 11.5 Å². The molecule has 1 fully saturated rings. The molecule has 1 aromatic carbocycles. The summed E-state index contributed by atoms with van der Waals surface area (Å²) in [6.45, 7) is 5.08. The van der Waals surface area contributed by atoms with E-state index in [1.54, 1.807) is 14.2 Å². The number of ether oxygens (including phenoxy) is 2. The van der Waals surface area contributed by atoms with Crippen molar-refractivity contribution in [2.24, 2.45) is 0 Å². The number of methoxy groups -OCH3 is 2. The fourth-order valence-corrected chi connectivity index (χ4v) is 2.58. The predicted molar refractivity (Wildman–Crippen MR) is 77.0 cm³/mol. The van der Waals surface area contributed by atoms with Crippen molar-refractivity contribution in [2.45, 2.75) is 32.4 Å². The van der Waals surface area contributed by atoms with E-state index in [2.05, 4.69) is 17.6 Å². The Morgan fingerprint density at radius 1 is 1.32 bits per heavy atom. The maximum Gasteiger partial charge on any atom is 0.127 e. The van der Waals surface area contributed by atoms with Gasteiger partial charge in [-0.2, -0.15) is 0 Å². The highest BCUT2D eigenvalue weighted by atomic mass is 16.5. The van der Waals surface area contributed by atoms with Gasteiger partial charge in [0.05, 0.1) is 14.2 Å². The van der Waals surface area contributed by atoms with Crippen LogP contribution >= 0.6 is 0 Å². The molecule has 0 spiro atoms. The summed E-state index contributed by atoms with van der Waals surface area (Å²) in [5.41, 5.74) is 2.41. The molecule has 0 aromatic heterocycles. The van der Waals surface area contributed by atoms with Crippen LogP contribution in [0.1, 0.15) is 24.0 Å². The number of nitrogens with one attached hydrogen (secondary N) is 2. The van der Waals surface area contributed by atoms with Gasteiger partial charge in [0.25, 0.3) is 0 Å². The molecular weight excluding hydrogens is 240 g/mol. The number of aryl methyl sites for hydroxylation is 1.